The topological polar surface area (TPSA) is 73.6 Å². The first-order valence-electron chi connectivity index (χ1n) is 6.72. The Kier molecular flexibility index (Phi) is 6.31. The summed E-state index contributed by atoms with van der Waals surface area (Å²) in [6.45, 7) is 4.74. The Morgan fingerprint density at radius 1 is 1.30 bits per heavy atom. The van der Waals surface area contributed by atoms with Gasteiger partial charge in [-0.2, -0.15) is 0 Å². The van der Waals surface area contributed by atoms with Crippen LogP contribution in [-0.4, -0.2) is 26.7 Å². The molecule has 20 heavy (non-hydrogen) atoms. The van der Waals surface area contributed by atoms with Gasteiger partial charge in [-0.1, -0.05) is 13.8 Å². The number of nitrogens with one attached hydrogen (secondary N) is 1. The Morgan fingerprint density at radius 3 is 2.50 bits per heavy atom. The summed E-state index contributed by atoms with van der Waals surface area (Å²) in [6, 6.07) is 5.52. The van der Waals surface area contributed by atoms with Gasteiger partial charge in [0, 0.05) is 24.7 Å². The first kappa shape index (κ1) is 16.3. The number of nitrogens with two attached hydrogens (primary N) is 1. The monoisotopic (exact) mass is 280 g/mol. The van der Waals surface area contributed by atoms with Gasteiger partial charge < -0.3 is 20.5 Å². The summed E-state index contributed by atoms with van der Waals surface area (Å²) >= 11 is 0. The van der Waals surface area contributed by atoms with Gasteiger partial charge in [-0.3, -0.25) is 4.79 Å². The minimum absolute atomic E-state index is 0.0274. The van der Waals surface area contributed by atoms with Crippen molar-refractivity contribution in [1.29, 1.82) is 0 Å². The van der Waals surface area contributed by atoms with Crippen molar-refractivity contribution < 1.29 is 14.3 Å². The fraction of sp³-hybridized carbons (Fsp3) is 0.533. The van der Waals surface area contributed by atoms with Crippen LogP contribution in [0.25, 0.3) is 0 Å². The van der Waals surface area contributed by atoms with Crippen LogP contribution in [0, 0.1) is 11.8 Å². The number of amides is 1. The summed E-state index contributed by atoms with van der Waals surface area (Å²) in [5.41, 5.74) is 6.54. The molecule has 112 valence electrons. The van der Waals surface area contributed by atoms with Crippen molar-refractivity contribution in [3.05, 3.63) is 23.8 Å². The Hall–Kier alpha value is -1.75. The van der Waals surface area contributed by atoms with E-state index < -0.39 is 0 Å². The second-order valence-corrected chi connectivity index (χ2v) is 4.98. The molecule has 1 aromatic rings. The lowest BCUT2D eigenvalue weighted by Crippen LogP contribution is -2.37. The first-order valence-corrected chi connectivity index (χ1v) is 6.72. The lowest BCUT2D eigenvalue weighted by atomic mass is 9.95. The molecule has 0 radical (unpaired) electrons. The molecule has 0 spiro atoms. The largest absolute Gasteiger partial charge is 0.497 e. The van der Waals surface area contributed by atoms with E-state index in [9.17, 15) is 4.79 Å². The van der Waals surface area contributed by atoms with Crippen LogP contribution in [0.15, 0.2) is 18.2 Å². The third-order valence-corrected chi connectivity index (χ3v) is 3.34. The second kappa shape index (κ2) is 7.75. The second-order valence-electron chi connectivity index (χ2n) is 4.98. The maximum atomic E-state index is 12.1. The molecule has 0 aliphatic carbocycles. The Bertz CT molecular complexity index is 447. The van der Waals surface area contributed by atoms with E-state index in [4.69, 9.17) is 15.2 Å². The number of hydrogen-bond acceptors (Lipinski definition) is 4. The highest BCUT2D eigenvalue weighted by molar-refractivity contribution is 5.79. The van der Waals surface area contributed by atoms with E-state index in [1.807, 2.05) is 26.0 Å². The van der Waals surface area contributed by atoms with Crippen LogP contribution in [0.1, 0.15) is 19.4 Å². The molecule has 1 rings (SSSR count). The van der Waals surface area contributed by atoms with Gasteiger partial charge in [-0.15, -0.1) is 0 Å². The summed E-state index contributed by atoms with van der Waals surface area (Å²) in [6.07, 6.45) is 0. The number of carbonyl (C=O) groups excluding carboxylic acids is 1. The van der Waals surface area contributed by atoms with Gasteiger partial charge in [0.15, 0.2) is 0 Å². The number of benzene rings is 1. The highest BCUT2D eigenvalue weighted by Crippen LogP contribution is 2.24. The summed E-state index contributed by atoms with van der Waals surface area (Å²) in [4.78, 5) is 12.1. The van der Waals surface area contributed by atoms with E-state index >= 15 is 0 Å². The van der Waals surface area contributed by atoms with Crippen molar-refractivity contribution >= 4 is 5.91 Å². The Morgan fingerprint density at radius 2 is 2.00 bits per heavy atom. The summed E-state index contributed by atoms with van der Waals surface area (Å²) in [5, 5.41) is 2.90. The van der Waals surface area contributed by atoms with Crippen molar-refractivity contribution in [2.75, 3.05) is 20.8 Å². The van der Waals surface area contributed by atoms with Crippen LogP contribution in [0.5, 0.6) is 11.5 Å². The third kappa shape index (κ3) is 4.13. The zero-order valence-corrected chi connectivity index (χ0v) is 12.6. The van der Waals surface area contributed by atoms with Crippen LogP contribution in [-0.2, 0) is 11.3 Å². The smallest absolute Gasteiger partial charge is 0.224 e. The quantitative estimate of drug-likeness (QED) is 0.795. The van der Waals surface area contributed by atoms with Crippen molar-refractivity contribution in [3.8, 4) is 11.5 Å². The molecule has 1 unspecified atom stereocenters. The first-order chi connectivity index (χ1) is 9.53. The van der Waals surface area contributed by atoms with E-state index in [2.05, 4.69) is 5.32 Å². The van der Waals surface area contributed by atoms with Gasteiger partial charge in [0.05, 0.1) is 20.1 Å². The molecule has 0 aromatic heterocycles. The normalized spacial score (nSPS) is 12.1. The maximum Gasteiger partial charge on any atom is 0.224 e. The molecule has 1 amide bonds. The number of carbonyl (C=O) groups is 1. The summed E-state index contributed by atoms with van der Waals surface area (Å²) < 4.78 is 10.4. The predicted molar refractivity (Wildman–Crippen MR) is 78.8 cm³/mol. The highest BCUT2D eigenvalue weighted by Gasteiger charge is 2.20. The van der Waals surface area contributed by atoms with Crippen molar-refractivity contribution in [2.24, 2.45) is 17.6 Å². The molecule has 3 N–H and O–H groups in total. The molecule has 0 aliphatic heterocycles. The SMILES string of the molecule is COc1ccc(CNC(=O)C(CN)C(C)C)c(OC)c1. The molecule has 1 aromatic carbocycles. The average molecular weight is 280 g/mol. The fourth-order valence-electron chi connectivity index (χ4n) is 1.99. The van der Waals surface area contributed by atoms with Gasteiger partial charge in [-0.05, 0) is 18.1 Å². The third-order valence-electron chi connectivity index (χ3n) is 3.34. The lowest BCUT2D eigenvalue weighted by molar-refractivity contribution is -0.126. The van der Waals surface area contributed by atoms with E-state index in [-0.39, 0.29) is 17.7 Å². The standard InChI is InChI=1S/C15H24N2O3/c1-10(2)13(8-16)15(18)17-9-11-5-6-12(19-3)7-14(11)20-4/h5-7,10,13H,8-9,16H2,1-4H3,(H,17,18). The zero-order chi connectivity index (χ0) is 15.1. The summed E-state index contributed by atoms with van der Waals surface area (Å²) in [5.74, 6) is 1.44. The Labute approximate surface area is 120 Å². The van der Waals surface area contributed by atoms with Crippen molar-refractivity contribution in [3.63, 3.8) is 0 Å². The van der Waals surface area contributed by atoms with E-state index in [0.717, 1.165) is 11.3 Å². The lowest BCUT2D eigenvalue weighted by Gasteiger charge is -2.19. The van der Waals surface area contributed by atoms with Crippen LogP contribution in [0.2, 0.25) is 0 Å². The molecule has 1 atom stereocenters. The van der Waals surface area contributed by atoms with Gasteiger partial charge in [0.25, 0.3) is 0 Å². The van der Waals surface area contributed by atoms with Gasteiger partial charge in [0.1, 0.15) is 11.5 Å². The minimum Gasteiger partial charge on any atom is -0.497 e. The molecule has 0 aliphatic rings. The van der Waals surface area contributed by atoms with Crippen molar-refractivity contribution in [1.82, 2.24) is 5.32 Å². The molecule has 5 nitrogen and oxygen atoms in total. The Balaban J connectivity index is 2.72. The van der Waals surface area contributed by atoms with Crippen molar-refractivity contribution in [2.45, 2.75) is 20.4 Å². The predicted octanol–water partition coefficient (Wildman–Crippen LogP) is 1.55. The number of ether oxygens (including phenoxy) is 2. The fourth-order valence-corrected chi connectivity index (χ4v) is 1.99. The van der Waals surface area contributed by atoms with Gasteiger partial charge >= 0.3 is 0 Å². The maximum absolute atomic E-state index is 12.1. The molecular formula is C15H24N2O3. The van der Waals surface area contributed by atoms with Crippen LogP contribution >= 0.6 is 0 Å². The molecule has 0 heterocycles. The molecule has 0 fully saturated rings. The molecule has 0 saturated heterocycles. The minimum atomic E-state index is -0.167. The van der Waals surface area contributed by atoms with Gasteiger partial charge in [-0.25, -0.2) is 0 Å². The number of hydrogen-bond donors (Lipinski definition) is 2. The van der Waals surface area contributed by atoms with Gasteiger partial charge in [0.2, 0.25) is 5.91 Å². The van der Waals surface area contributed by atoms with E-state index in [0.29, 0.717) is 18.8 Å². The highest BCUT2D eigenvalue weighted by atomic mass is 16.5. The number of methoxy groups -OCH3 is 2. The average Bonchev–Trinajstić information content (AvgIpc) is 2.45. The molecule has 5 heteroatoms. The molecular weight excluding hydrogens is 256 g/mol. The van der Waals surface area contributed by atoms with E-state index in [1.165, 1.54) is 0 Å². The zero-order valence-electron chi connectivity index (χ0n) is 12.6. The molecule has 0 bridgehead atoms. The number of rotatable bonds is 7. The molecule has 0 saturated carbocycles. The van der Waals surface area contributed by atoms with Crippen LogP contribution < -0.4 is 20.5 Å². The van der Waals surface area contributed by atoms with Crippen LogP contribution in [0.4, 0.5) is 0 Å². The summed E-state index contributed by atoms with van der Waals surface area (Å²) in [7, 11) is 3.20. The van der Waals surface area contributed by atoms with E-state index in [1.54, 1.807) is 20.3 Å². The van der Waals surface area contributed by atoms with Crippen LogP contribution in [0.3, 0.4) is 0 Å².